The first kappa shape index (κ1) is 14.3. The topological polar surface area (TPSA) is 54.0 Å². The van der Waals surface area contributed by atoms with Crippen LogP contribution < -0.4 is 10.6 Å². The summed E-state index contributed by atoms with van der Waals surface area (Å²) in [7, 11) is 0. The summed E-state index contributed by atoms with van der Waals surface area (Å²) in [6.07, 6.45) is -0.212. The van der Waals surface area contributed by atoms with E-state index in [1.165, 1.54) is 16.2 Å². The van der Waals surface area contributed by atoms with Gasteiger partial charge in [0.05, 0.1) is 18.8 Å². The first-order valence-electron chi connectivity index (χ1n) is 6.00. The highest BCUT2D eigenvalue weighted by Gasteiger charge is 2.26. The largest absolute Gasteiger partial charge is 0.401 e. The van der Waals surface area contributed by atoms with Crippen molar-refractivity contribution in [3.63, 3.8) is 0 Å². The van der Waals surface area contributed by atoms with Gasteiger partial charge in [0.2, 0.25) is 5.91 Å². The van der Waals surface area contributed by atoms with Gasteiger partial charge in [0.25, 0.3) is 0 Å². The highest BCUT2D eigenvalue weighted by atomic mass is 32.1. The van der Waals surface area contributed by atoms with Crippen molar-refractivity contribution < 1.29 is 18.0 Å². The minimum atomic E-state index is -4.31. The van der Waals surface area contributed by atoms with Gasteiger partial charge in [-0.25, -0.2) is 4.98 Å². The highest BCUT2D eigenvalue weighted by Crippen LogP contribution is 2.29. The van der Waals surface area contributed by atoms with Gasteiger partial charge in [0.1, 0.15) is 0 Å². The van der Waals surface area contributed by atoms with E-state index in [0.29, 0.717) is 5.13 Å². The first-order valence-corrected chi connectivity index (χ1v) is 6.81. The lowest BCUT2D eigenvalue weighted by Crippen LogP contribution is -2.35. The van der Waals surface area contributed by atoms with E-state index in [4.69, 9.17) is 0 Å². The Morgan fingerprint density at radius 3 is 2.74 bits per heavy atom. The molecule has 1 aliphatic carbocycles. The Morgan fingerprint density at radius 1 is 1.32 bits per heavy atom. The first-order chi connectivity index (χ1) is 8.94. The summed E-state index contributed by atoms with van der Waals surface area (Å²) in [5.41, 5.74) is 1.01. The van der Waals surface area contributed by atoms with Crippen molar-refractivity contribution in [2.75, 3.05) is 18.4 Å². The number of hydrogen-bond acceptors (Lipinski definition) is 4. The lowest BCUT2D eigenvalue weighted by molar-refractivity contribution is -0.126. The maximum atomic E-state index is 11.9. The minimum absolute atomic E-state index is 0.371. The molecule has 1 heterocycles. The van der Waals surface area contributed by atoms with Crippen molar-refractivity contribution in [3.8, 4) is 0 Å². The van der Waals surface area contributed by atoms with Crippen LogP contribution in [0.5, 0.6) is 0 Å². The van der Waals surface area contributed by atoms with Gasteiger partial charge in [0.15, 0.2) is 5.13 Å². The van der Waals surface area contributed by atoms with Crippen LogP contribution in [0.3, 0.4) is 0 Å². The number of rotatable bonds is 4. The molecule has 1 aliphatic rings. The van der Waals surface area contributed by atoms with Crippen LogP contribution in [0.15, 0.2) is 0 Å². The molecule has 0 bridgehead atoms. The van der Waals surface area contributed by atoms with Gasteiger partial charge in [-0.3, -0.25) is 4.79 Å². The summed E-state index contributed by atoms with van der Waals surface area (Å²) in [4.78, 5) is 16.9. The van der Waals surface area contributed by atoms with Gasteiger partial charge in [-0.05, 0) is 25.7 Å². The summed E-state index contributed by atoms with van der Waals surface area (Å²) in [6, 6.07) is 0. The summed E-state index contributed by atoms with van der Waals surface area (Å²) >= 11 is 1.41. The summed E-state index contributed by atoms with van der Waals surface area (Å²) in [6.45, 7) is -1.54. The Labute approximate surface area is 112 Å². The van der Waals surface area contributed by atoms with Crippen LogP contribution in [0.4, 0.5) is 18.3 Å². The number of alkyl halides is 3. The molecule has 0 aromatic carbocycles. The van der Waals surface area contributed by atoms with E-state index in [9.17, 15) is 18.0 Å². The number of aromatic nitrogens is 1. The van der Waals surface area contributed by atoms with E-state index < -0.39 is 18.6 Å². The van der Waals surface area contributed by atoms with E-state index in [1.807, 2.05) is 5.32 Å². The molecule has 0 spiro atoms. The smallest absolute Gasteiger partial charge is 0.301 e. The molecule has 0 fully saturated rings. The van der Waals surface area contributed by atoms with Crippen molar-refractivity contribution in [2.24, 2.45) is 0 Å². The van der Waals surface area contributed by atoms with Crippen molar-refractivity contribution in [1.29, 1.82) is 0 Å². The normalized spacial score (nSPS) is 15.1. The Kier molecular flexibility index (Phi) is 4.41. The van der Waals surface area contributed by atoms with Crippen LogP contribution in [-0.2, 0) is 17.6 Å². The predicted octanol–water partition coefficient (Wildman–Crippen LogP) is 2.11. The number of carbonyl (C=O) groups is 1. The molecular formula is C11H14F3N3OS. The van der Waals surface area contributed by atoms with E-state index in [1.54, 1.807) is 0 Å². The third-order valence-corrected chi connectivity index (χ3v) is 3.78. The lowest BCUT2D eigenvalue weighted by atomic mass is 10.0. The molecule has 0 radical (unpaired) electrons. The van der Waals surface area contributed by atoms with E-state index in [-0.39, 0.29) is 6.54 Å². The molecule has 0 atom stereocenters. The molecule has 0 saturated heterocycles. The monoisotopic (exact) mass is 293 g/mol. The molecule has 0 unspecified atom stereocenters. The molecule has 1 aromatic heterocycles. The minimum Gasteiger partial charge on any atom is -0.301 e. The Hall–Kier alpha value is -1.15. The second-order valence-electron chi connectivity index (χ2n) is 4.36. The number of hydrogen-bond donors (Lipinski definition) is 2. The standard InChI is InChI=1S/C11H14F3N3OS/c12-11(13,14)6-15-5-9(18)17-10-16-7-3-1-2-4-8(7)19-10/h15H,1-6H2,(H,16,17,18). The van der Waals surface area contributed by atoms with Crippen molar-refractivity contribution in [1.82, 2.24) is 10.3 Å². The summed E-state index contributed by atoms with van der Waals surface area (Å²) < 4.78 is 35.6. The van der Waals surface area contributed by atoms with Crippen molar-refractivity contribution >= 4 is 22.4 Å². The van der Waals surface area contributed by atoms with Crippen LogP contribution in [-0.4, -0.2) is 30.2 Å². The average Bonchev–Trinajstić information content (AvgIpc) is 2.68. The summed E-state index contributed by atoms with van der Waals surface area (Å²) in [5, 5.41) is 5.05. The van der Waals surface area contributed by atoms with E-state index in [0.717, 1.165) is 31.4 Å². The molecule has 1 aromatic rings. The zero-order valence-corrected chi connectivity index (χ0v) is 11.0. The number of aryl methyl sites for hydroxylation is 2. The quantitative estimate of drug-likeness (QED) is 0.894. The maximum Gasteiger partial charge on any atom is 0.401 e. The molecule has 19 heavy (non-hydrogen) atoms. The van der Waals surface area contributed by atoms with Crippen LogP contribution in [0.1, 0.15) is 23.4 Å². The van der Waals surface area contributed by atoms with E-state index in [2.05, 4.69) is 10.3 Å². The number of carbonyl (C=O) groups excluding carboxylic acids is 1. The van der Waals surface area contributed by atoms with Crippen LogP contribution in [0, 0.1) is 0 Å². The molecule has 8 heteroatoms. The molecule has 0 aliphatic heterocycles. The number of anilines is 1. The zero-order valence-electron chi connectivity index (χ0n) is 10.1. The van der Waals surface area contributed by atoms with Gasteiger partial charge in [-0.2, -0.15) is 13.2 Å². The second-order valence-corrected chi connectivity index (χ2v) is 5.45. The SMILES string of the molecule is O=C(CNCC(F)(F)F)Nc1nc2c(s1)CCCC2. The van der Waals surface area contributed by atoms with Crippen LogP contribution >= 0.6 is 11.3 Å². The third-order valence-electron chi connectivity index (χ3n) is 2.70. The van der Waals surface area contributed by atoms with Gasteiger partial charge in [0, 0.05) is 4.88 Å². The fourth-order valence-electron chi connectivity index (χ4n) is 1.89. The molecule has 0 saturated carbocycles. The van der Waals surface area contributed by atoms with Crippen molar-refractivity contribution in [3.05, 3.63) is 10.6 Å². The van der Waals surface area contributed by atoms with Crippen molar-refractivity contribution in [2.45, 2.75) is 31.9 Å². The fourth-order valence-corrected chi connectivity index (χ4v) is 2.95. The second kappa shape index (κ2) is 5.87. The maximum absolute atomic E-state index is 11.9. The molecule has 2 rings (SSSR count). The number of thiazole rings is 1. The number of fused-ring (bicyclic) bond motifs is 1. The highest BCUT2D eigenvalue weighted by molar-refractivity contribution is 7.15. The molecule has 4 nitrogen and oxygen atoms in total. The average molecular weight is 293 g/mol. The Balaban J connectivity index is 1.80. The summed E-state index contributed by atoms with van der Waals surface area (Å²) in [5.74, 6) is -0.504. The zero-order chi connectivity index (χ0) is 13.9. The predicted molar refractivity (Wildman–Crippen MR) is 66.3 cm³/mol. The third kappa shape index (κ3) is 4.46. The van der Waals surface area contributed by atoms with Gasteiger partial charge >= 0.3 is 6.18 Å². The Bertz CT molecular complexity index is 435. The van der Waals surface area contributed by atoms with Gasteiger partial charge in [-0.15, -0.1) is 11.3 Å². The fraction of sp³-hybridized carbons (Fsp3) is 0.636. The van der Waals surface area contributed by atoms with Gasteiger partial charge < -0.3 is 10.6 Å². The Morgan fingerprint density at radius 2 is 2.05 bits per heavy atom. The number of nitrogens with zero attached hydrogens (tertiary/aromatic N) is 1. The number of amides is 1. The molecule has 1 amide bonds. The van der Waals surface area contributed by atoms with Gasteiger partial charge in [-0.1, -0.05) is 0 Å². The number of nitrogens with one attached hydrogen (secondary N) is 2. The lowest BCUT2D eigenvalue weighted by Gasteiger charge is -2.07. The molecule has 106 valence electrons. The molecular weight excluding hydrogens is 279 g/mol. The van der Waals surface area contributed by atoms with Crippen LogP contribution in [0.25, 0.3) is 0 Å². The molecule has 2 N–H and O–H groups in total. The number of halogens is 3. The van der Waals surface area contributed by atoms with Crippen LogP contribution in [0.2, 0.25) is 0 Å². The van der Waals surface area contributed by atoms with E-state index >= 15 is 0 Å².